The highest BCUT2D eigenvalue weighted by Gasteiger charge is 2.31. The zero-order valence-corrected chi connectivity index (χ0v) is 20.7. The molecule has 2 aromatic heterocycles. The van der Waals surface area contributed by atoms with Gasteiger partial charge in [-0.2, -0.15) is 10.0 Å². The molecule has 0 saturated carbocycles. The number of rotatable bonds is 7. The van der Waals surface area contributed by atoms with Crippen molar-refractivity contribution in [2.45, 2.75) is 12.8 Å². The number of fused-ring (bicyclic) bond motifs is 1. The number of ether oxygens (including phenoxy) is 1. The van der Waals surface area contributed by atoms with Crippen LogP contribution in [0, 0.1) is 0 Å². The summed E-state index contributed by atoms with van der Waals surface area (Å²) in [7, 11) is 2.15. The zero-order valence-electron chi connectivity index (χ0n) is 20.7. The van der Waals surface area contributed by atoms with Crippen LogP contribution < -0.4 is 21.0 Å². The van der Waals surface area contributed by atoms with Crippen LogP contribution in [0.4, 0.5) is 22.5 Å². The molecule has 5 rings (SSSR count). The third-order valence-corrected chi connectivity index (χ3v) is 6.72. The van der Waals surface area contributed by atoms with Gasteiger partial charge in [0.05, 0.1) is 25.5 Å². The number of morpholine rings is 1. The SMILES string of the molecule is CN1CCN(CCCNC(=O)ON2CCc3c(-c4cnc(N)nc4)nc(N4CCOCC4)nc32)CC1. The molecule has 0 aliphatic carbocycles. The van der Waals surface area contributed by atoms with Crippen LogP contribution in [0.3, 0.4) is 0 Å². The van der Waals surface area contributed by atoms with Crippen molar-refractivity contribution in [2.75, 3.05) is 94.9 Å². The highest BCUT2D eigenvalue weighted by Crippen LogP contribution is 2.35. The second kappa shape index (κ2) is 11.2. The molecule has 2 aromatic rings. The van der Waals surface area contributed by atoms with Crippen molar-refractivity contribution < 1.29 is 14.4 Å². The van der Waals surface area contributed by atoms with Crippen LogP contribution >= 0.6 is 0 Å². The number of nitrogens with two attached hydrogens (primary N) is 1. The van der Waals surface area contributed by atoms with Crippen molar-refractivity contribution in [1.29, 1.82) is 0 Å². The summed E-state index contributed by atoms with van der Waals surface area (Å²) in [5, 5.41) is 4.43. The lowest BCUT2D eigenvalue weighted by Crippen LogP contribution is -2.45. The van der Waals surface area contributed by atoms with Gasteiger partial charge in [-0.05, 0) is 26.4 Å². The molecule has 0 spiro atoms. The van der Waals surface area contributed by atoms with E-state index in [1.54, 1.807) is 17.5 Å². The topological polar surface area (TPSA) is 138 Å². The number of carbonyl (C=O) groups is 1. The summed E-state index contributed by atoms with van der Waals surface area (Å²) < 4.78 is 5.48. The summed E-state index contributed by atoms with van der Waals surface area (Å²) in [6, 6.07) is 0. The molecule has 0 atom stereocenters. The second-order valence-corrected chi connectivity index (χ2v) is 9.26. The predicted octanol–water partition coefficient (Wildman–Crippen LogP) is -0.00640. The van der Waals surface area contributed by atoms with Gasteiger partial charge in [0.15, 0.2) is 5.82 Å². The van der Waals surface area contributed by atoms with Crippen LogP contribution in [-0.4, -0.2) is 115 Å². The first-order valence-corrected chi connectivity index (χ1v) is 12.5. The zero-order chi connectivity index (χ0) is 24.9. The minimum atomic E-state index is -0.481. The maximum absolute atomic E-state index is 12.6. The van der Waals surface area contributed by atoms with Gasteiger partial charge in [0, 0.05) is 69.3 Å². The fourth-order valence-electron chi connectivity index (χ4n) is 4.61. The van der Waals surface area contributed by atoms with Crippen LogP contribution in [0.25, 0.3) is 11.3 Å². The molecular weight excluding hydrogens is 464 g/mol. The van der Waals surface area contributed by atoms with Crippen LogP contribution in [0.2, 0.25) is 0 Å². The number of nitrogen functional groups attached to an aromatic ring is 1. The van der Waals surface area contributed by atoms with Gasteiger partial charge >= 0.3 is 6.09 Å². The Morgan fingerprint density at radius 3 is 2.58 bits per heavy atom. The average Bonchev–Trinajstić information content (AvgIpc) is 3.30. The standard InChI is InChI=1S/C23H34N10O3/c1-30-7-9-31(10-8-30)5-2-4-25-23(34)36-33-6-3-18-19(17-15-26-21(24)27-16-17)28-22(29-20(18)33)32-11-13-35-14-12-32/h15-16H,2-14H2,1H3,(H,25,34)(H2,24,26,27). The van der Waals surface area contributed by atoms with E-state index in [1.165, 1.54) is 0 Å². The number of anilines is 3. The normalized spacial score (nSPS) is 18.8. The highest BCUT2D eigenvalue weighted by molar-refractivity contribution is 5.74. The Bertz CT molecular complexity index is 1040. The maximum Gasteiger partial charge on any atom is 0.431 e. The second-order valence-electron chi connectivity index (χ2n) is 9.26. The van der Waals surface area contributed by atoms with Crippen LogP contribution in [-0.2, 0) is 16.0 Å². The molecule has 0 unspecified atom stereocenters. The number of hydrogen-bond acceptors (Lipinski definition) is 12. The molecule has 36 heavy (non-hydrogen) atoms. The Balaban J connectivity index is 1.25. The molecule has 2 saturated heterocycles. The van der Waals surface area contributed by atoms with Crippen molar-refractivity contribution >= 4 is 23.8 Å². The molecule has 13 heteroatoms. The Morgan fingerprint density at radius 1 is 1.08 bits per heavy atom. The summed E-state index contributed by atoms with van der Waals surface area (Å²) in [4.78, 5) is 43.0. The molecule has 13 nitrogen and oxygen atoms in total. The third-order valence-electron chi connectivity index (χ3n) is 6.72. The van der Waals surface area contributed by atoms with Crippen molar-refractivity contribution in [3.8, 4) is 11.3 Å². The van der Waals surface area contributed by atoms with Crippen LogP contribution in [0.1, 0.15) is 12.0 Å². The highest BCUT2D eigenvalue weighted by atomic mass is 16.7. The number of nitrogens with zero attached hydrogens (tertiary/aromatic N) is 8. The molecular formula is C23H34N10O3. The van der Waals surface area contributed by atoms with E-state index in [4.69, 9.17) is 25.3 Å². The number of amides is 1. The Kier molecular flexibility index (Phi) is 7.58. The van der Waals surface area contributed by atoms with E-state index in [2.05, 4.69) is 37.0 Å². The summed E-state index contributed by atoms with van der Waals surface area (Å²) >= 11 is 0. The average molecular weight is 499 g/mol. The Labute approximate surface area is 210 Å². The van der Waals surface area contributed by atoms with Gasteiger partial charge in [0.2, 0.25) is 11.9 Å². The third kappa shape index (κ3) is 5.74. The van der Waals surface area contributed by atoms with Gasteiger partial charge in [-0.1, -0.05) is 0 Å². The maximum atomic E-state index is 12.6. The molecule has 1 amide bonds. The summed E-state index contributed by atoms with van der Waals surface area (Å²) in [6.45, 7) is 8.91. The molecule has 0 bridgehead atoms. The molecule has 0 radical (unpaired) electrons. The first-order valence-electron chi connectivity index (χ1n) is 12.5. The Hall–Kier alpha value is -3.29. The molecule has 3 aliphatic rings. The number of carbonyl (C=O) groups excluding carboxylic acids is 1. The lowest BCUT2D eigenvalue weighted by Gasteiger charge is -2.32. The van der Waals surface area contributed by atoms with E-state index in [0.29, 0.717) is 57.6 Å². The van der Waals surface area contributed by atoms with Crippen molar-refractivity contribution in [2.24, 2.45) is 0 Å². The Morgan fingerprint density at radius 2 is 1.83 bits per heavy atom. The van der Waals surface area contributed by atoms with Gasteiger partial charge in [0.1, 0.15) is 0 Å². The monoisotopic (exact) mass is 498 g/mol. The lowest BCUT2D eigenvalue weighted by atomic mass is 10.1. The summed E-state index contributed by atoms with van der Waals surface area (Å²) in [5.74, 6) is 1.35. The van der Waals surface area contributed by atoms with Crippen molar-refractivity contribution in [3.63, 3.8) is 0 Å². The van der Waals surface area contributed by atoms with Crippen molar-refractivity contribution in [1.82, 2.24) is 35.1 Å². The molecule has 2 fully saturated rings. The van der Waals surface area contributed by atoms with Gasteiger partial charge < -0.3 is 35.3 Å². The first-order chi connectivity index (χ1) is 17.6. The number of hydroxylamine groups is 1. The van der Waals surface area contributed by atoms with Crippen LogP contribution in [0.15, 0.2) is 12.4 Å². The van der Waals surface area contributed by atoms with Crippen LogP contribution in [0.5, 0.6) is 0 Å². The molecule has 3 N–H and O–H groups in total. The van der Waals surface area contributed by atoms with E-state index in [0.717, 1.165) is 56.0 Å². The smallest absolute Gasteiger partial charge is 0.378 e. The number of likely N-dealkylation sites (N-methyl/N-ethyl adjacent to an activating group) is 1. The lowest BCUT2D eigenvalue weighted by molar-refractivity contribution is 0.122. The number of nitrogens with one attached hydrogen (secondary N) is 1. The van der Waals surface area contributed by atoms with Gasteiger partial charge in [-0.15, -0.1) is 0 Å². The largest absolute Gasteiger partial charge is 0.431 e. The molecule has 0 aromatic carbocycles. The first kappa shape index (κ1) is 24.4. The van der Waals surface area contributed by atoms with Gasteiger partial charge in [-0.3, -0.25) is 0 Å². The number of hydrogen-bond donors (Lipinski definition) is 2. The molecule has 194 valence electrons. The van der Waals surface area contributed by atoms with E-state index >= 15 is 0 Å². The number of aromatic nitrogens is 4. The summed E-state index contributed by atoms with van der Waals surface area (Å²) in [6.07, 6.45) is 4.34. The van der Waals surface area contributed by atoms with E-state index in [1.807, 2.05) is 0 Å². The molecule has 5 heterocycles. The fourth-order valence-corrected chi connectivity index (χ4v) is 4.61. The van der Waals surface area contributed by atoms with E-state index < -0.39 is 6.09 Å². The minimum Gasteiger partial charge on any atom is -0.378 e. The van der Waals surface area contributed by atoms with Gasteiger partial charge in [-0.25, -0.2) is 19.7 Å². The van der Waals surface area contributed by atoms with Crippen molar-refractivity contribution in [3.05, 3.63) is 18.0 Å². The van der Waals surface area contributed by atoms with E-state index in [9.17, 15) is 4.79 Å². The molecule has 3 aliphatic heterocycles. The van der Waals surface area contributed by atoms with E-state index in [-0.39, 0.29) is 5.95 Å². The summed E-state index contributed by atoms with van der Waals surface area (Å²) in [5.41, 5.74) is 8.04. The minimum absolute atomic E-state index is 0.201. The predicted molar refractivity (Wildman–Crippen MR) is 135 cm³/mol. The quantitative estimate of drug-likeness (QED) is 0.497. The number of piperazine rings is 1. The fraction of sp³-hybridized carbons (Fsp3) is 0.609. The van der Waals surface area contributed by atoms with Gasteiger partial charge in [0.25, 0.3) is 0 Å².